The number of hydrogen-bond acceptors (Lipinski definition) is 4. The molecule has 8 heteroatoms. The molecule has 112 valence electrons. The molecular formula is C14H9F2N3O2S. The third-order valence-electron chi connectivity index (χ3n) is 2.97. The first-order valence-electron chi connectivity index (χ1n) is 6.16. The van der Waals surface area contributed by atoms with Gasteiger partial charge in [-0.25, -0.2) is 22.5 Å². The molecule has 1 aromatic carbocycles. The van der Waals surface area contributed by atoms with Gasteiger partial charge in [0.25, 0.3) is 0 Å². The monoisotopic (exact) mass is 321 g/mol. The maximum atomic E-state index is 13.8. The van der Waals surface area contributed by atoms with Crippen molar-refractivity contribution in [3.05, 3.63) is 66.6 Å². The lowest BCUT2D eigenvalue weighted by Gasteiger charge is -2.08. The van der Waals surface area contributed by atoms with Crippen LogP contribution in [0.25, 0.3) is 5.69 Å². The highest BCUT2D eigenvalue weighted by atomic mass is 32.2. The van der Waals surface area contributed by atoms with Crippen molar-refractivity contribution in [3.63, 3.8) is 0 Å². The molecule has 0 aliphatic heterocycles. The van der Waals surface area contributed by atoms with Crippen molar-refractivity contribution >= 4 is 9.84 Å². The minimum Gasteiger partial charge on any atom is -0.226 e. The lowest BCUT2D eigenvalue weighted by molar-refractivity contribution is 0.555. The summed E-state index contributed by atoms with van der Waals surface area (Å²) < 4.78 is 52.8. The third kappa shape index (κ3) is 2.37. The normalized spacial score (nSPS) is 11.5. The van der Waals surface area contributed by atoms with Crippen LogP contribution in [0.4, 0.5) is 8.78 Å². The molecule has 0 radical (unpaired) electrons. The largest absolute Gasteiger partial charge is 0.238 e. The van der Waals surface area contributed by atoms with Crippen LogP contribution in [-0.2, 0) is 9.84 Å². The molecule has 0 atom stereocenters. The number of sulfone groups is 1. The van der Waals surface area contributed by atoms with Gasteiger partial charge in [-0.05, 0) is 42.5 Å². The van der Waals surface area contributed by atoms with Gasteiger partial charge in [0.15, 0.2) is 5.03 Å². The van der Waals surface area contributed by atoms with E-state index in [1.807, 2.05) is 0 Å². The van der Waals surface area contributed by atoms with E-state index in [4.69, 9.17) is 0 Å². The Morgan fingerprint density at radius 2 is 1.68 bits per heavy atom. The maximum absolute atomic E-state index is 13.8. The summed E-state index contributed by atoms with van der Waals surface area (Å²) in [5, 5.41) is 3.61. The molecule has 0 aliphatic carbocycles. The summed E-state index contributed by atoms with van der Waals surface area (Å²) in [6.45, 7) is 0. The minimum atomic E-state index is -3.97. The molecule has 22 heavy (non-hydrogen) atoms. The van der Waals surface area contributed by atoms with Crippen LogP contribution in [-0.4, -0.2) is 23.2 Å². The Kier molecular flexibility index (Phi) is 3.45. The Hall–Kier alpha value is -2.61. The third-order valence-corrected chi connectivity index (χ3v) is 4.73. The second-order valence-electron chi connectivity index (χ2n) is 4.35. The molecule has 2 heterocycles. The predicted molar refractivity (Wildman–Crippen MR) is 73.2 cm³/mol. The van der Waals surface area contributed by atoms with E-state index in [2.05, 4.69) is 10.1 Å². The zero-order valence-electron chi connectivity index (χ0n) is 11.0. The summed E-state index contributed by atoms with van der Waals surface area (Å²) >= 11 is 0. The molecule has 3 rings (SSSR count). The van der Waals surface area contributed by atoms with E-state index >= 15 is 0 Å². The highest BCUT2D eigenvalue weighted by Gasteiger charge is 2.24. The second-order valence-corrected chi connectivity index (χ2v) is 6.25. The fourth-order valence-electron chi connectivity index (χ4n) is 1.95. The first-order chi connectivity index (χ1) is 10.5. The second kappa shape index (κ2) is 5.30. The molecule has 5 nitrogen and oxygen atoms in total. The van der Waals surface area contributed by atoms with Crippen LogP contribution in [0.3, 0.4) is 0 Å². The van der Waals surface area contributed by atoms with Gasteiger partial charge in [0.2, 0.25) is 15.8 Å². The van der Waals surface area contributed by atoms with Gasteiger partial charge in [-0.2, -0.15) is 9.49 Å². The number of nitrogens with zero attached hydrogens (tertiary/aromatic N) is 3. The summed E-state index contributed by atoms with van der Waals surface area (Å²) in [7, 11) is -3.97. The highest BCUT2D eigenvalue weighted by molar-refractivity contribution is 7.91. The van der Waals surface area contributed by atoms with Crippen molar-refractivity contribution < 1.29 is 17.2 Å². The number of rotatable bonds is 3. The van der Waals surface area contributed by atoms with Gasteiger partial charge in [0.1, 0.15) is 11.5 Å². The van der Waals surface area contributed by atoms with Gasteiger partial charge in [-0.3, -0.25) is 0 Å². The molecule has 0 spiro atoms. The fourth-order valence-corrected chi connectivity index (χ4v) is 3.29. The first kappa shape index (κ1) is 14.3. The molecule has 3 aromatic rings. The van der Waals surface area contributed by atoms with Crippen molar-refractivity contribution in [3.8, 4) is 5.69 Å². The number of pyridine rings is 1. The van der Waals surface area contributed by atoms with E-state index < -0.39 is 21.6 Å². The molecular weight excluding hydrogens is 312 g/mol. The quantitative estimate of drug-likeness (QED) is 0.549. The van der Waals surface area contributed by atoms with E-state index in [0.29, 0.717) is 0 Å². The van der Waals surface area contributed by atoms with Gasteiger partial charge in [0.05, 0.1) is 11.1 Å². The van der Waals surface area contributed by atoms with Crippen LogP contribution in [0.2, 0.25) is 0 Å². The number of hydrogen-bond donors (Lipinski definition) is 0. The lowest BCUT2D eigenvalue weighted by Crippen LogP contribution is -2.11. The van der Waals surface area contributed by atoms with Crippen LogP contribution < -0.4 is 0 Å². The summed E-state index contributed by atoms with van der Waals surface area (Å²) in [6, 6.07) is 8.43. The van der Waals surface area contributed by atoms with Crippen molar-refractivity contribution in [2.75, 3.05) is 0 Å². The lowest BCUT2D eigenvalue weighted by atomic mass is 10.4. The maximum Gasteiger partial charge on any atom is 0.238 e. The van der Waals surface area contributed by atoms with E-state index in [0.717, 1.165) is 28.9 Å². The zero-order valence-corrected chi connectivity index (χ0v) is 11.8. The van der Waals surface area contributed by atoms with Crippen LogP contribution in [0.1, 0.15) is 0 Å². The summed E-state index contributed by atoms with van der Waals surface area (Å²) in [4.78, 5) is 3.36. The standard InChI is InChI=1S/C14H9F2N3O2S/c15-10-3-5-11(6-4-10)22(20,21)13-7-9-18-19(13)12-2-1-8-17-14(12)16/h1-9H. The average Bonchev–Trinajstić information content (AvgIpc) is 2.98. The molecule has 0 amide bonds. The van der Waals surface area contributed by atoms with Gasteiger partial charge >= 0.3 is 0 Å². The SMILES string of the molecule is O=S(=O)(c1ccc(F)cc1)c1ccnn1-c1cccnc1F. The highest BCUT2D eigenvalue weighted by Crippen LogP contribution is 2.23. The van der Waals surface area contributed by atoms with Crippen molar-refractivity contribution in [1.29, 1.82) is 0 Å². The van der Waals surface area contributed by atoms with E-state index in [1.54, 1.807) is 0 Å². The van der Waals surface area contributed by atoms with Crippen LogP contribution in [0.15, 0.2) is 64.8 Å². The minimum absolute atomic E-state index is 0.0896. The van der Waals surface area contributed by atoms with E-state index in [9.17, 15) is 17.2 Å². The molecule has 0 bridgehead atoms. The molecule has 0 fully saturated rings. The Balaban J connectivity index is 2.16. The summed E-state index contributed by atoms with van der Waals surface area (Å²) in [5.74, 6) is -1.40. The number of benzene rings is 1. The Labute approximate surface area is 124 Å². The molecule has 0 saturated carbocycles. The molecule has 0 unspecified atom stereocenters. The van der Waals surface area contributed by atoms with Gasteiger partial charge in [0, 0.05) is 6.20 Å². The van der Waals surface area contributed by atoms with Gasteiger partial charge in [-0.1, -0.05) is 0 Å². The van der Waals surface area contributed by atoms with Crippen LogP contribution in [0.5, 0.6) is 0 Å². The molecule has 0 aliphatic rings. The van der Waals surface area contributed by atoms with Crippen molar-refractivity contribution in [2.24, 2.45) is 0 Å². The Bertz CT molecular complexity index is 921. The predicted octanol–water partition coefficient (Wildman–Crippen LogP) is 2.38. The topological polar surface area (TPSA) is 64.8 Å². The summed E-state index contributed by atoms with van der Waals surface area (Å²) in [6.07, 6.45) is 2.49. The molecule has 0 N–H and O–H groups in total. The van der Waals surface area contributed by atoms with E-state index in [-0.39, 0.29) is 15.6 Å². The number of halogens is 2. The van der Waals surface area contributed by atoms with Gasteiger partial charge < -0.3 is 0 Å². The van der Waals surface area contributed by atoms with Crippen LogP contribution in [0, 0.1) is 11.8 Å². The van der Waals surface area contributed by atoms with Crippen molar-refractivity contribution in [2.45, 2.75) is 9.92 Å². The summed E-state index contributed by atoms with van der Waals surface area (Å²) in [5.41, 5.74) is -0.0896. The van der Waals surface area contributed by atoms with E-state index in [1.165, 1.54) is 30.6 Å². The van der Waals surface area contributed by atoms with Crippen molar-refractivity contribution in [1.82, 2.24) is 14.8 Å². The first-order valence-corrected chi connectivity index (χ1v) is 7.64. The fraction of sp³-hybridized carbons (Fsp3) is 0. The van der Waals surface area contributed by atoms with Gasteiger partial charge in [-0.15, -0.1) is 0 Å². The number of aromatic nitrogens is 3. The molecule has 2 aromatic heterocycles. The zero-order chi connectivity index (χ0) is 15.7. The smallest absolute Gasteiger partial charge is 0.226 e. The Morgan fingerprint density at radius 1 is 0.955 bits per heavy atom. The molecule has 0 saturated heterocycles. The van der Waals surface area contributed by atoms with Crippen LogP contribution >= 0.6 is 0 Å². The average molecular weight is 321 g/mol. The Morgan fingerprint density at radius 3 is 2.36 bits per heavy atom.